The maximum atomic E-state index is 5.35. The number of rotatable bonds is 6. The van der Waals surface area contributed by atoms with E-state index < -0.39 is 0 Å². The molecule has 0 bridgehead atoms. The molecule has 0 aromatic heterocycles. The number of benzene rings is 1. The molecule has 20 heavy (non-hydrogen) atoms. The first kappa shape index (κ1) is 15.1. The highest BCUT2D eigenvalue weighted by atomic mass is 16.5. The van der Waals surface area contributed by atoms with Gasteiger partial charge in [-0.15, -0.1) is 0 Å². The van der Waals surface area contributed by atoms with Gasteiger partial charge >= 0.3 is 0 Å². The number of ether oxygens (including phenoxy) is 2. The van der Waals surface area contributed by atoms with Gasteiger partial charge in [-0.25, -0.2) is 0 Å². The van der Waals surface area contributed by atoms with E-state index in [-0.39, 0.29) is 0 Å². The summed E-state index contributed by atoms with van der Waals surface area (Å²) >= 11 is 0. The number of nitrogens with zero attached hydrogens (tertiary/aromatic N) is 1. The Morgan fingerprint density at radius 1 is 1.10 bits per heavy atom. The molecule has 0 amide bonds. The molecule has 0 unspecified atom stereocenters. The Morgan fingerprint density at radius 2 is 1.95 bits per heavy atom. The van der Waals surface area contributed by atoms with E-state index in [2.05, 4.69) is 22.3 Å². The number of hydrogen-bond donors (Lipinski definition) is 1. The van der Waals surface area contributed by atoms with Crippen LogP contribution in [0.3, 0.4) is 0 Å². The Balaban J connectivity index is 1.81. The third-order valence-electron chi connectivity index (χ3n) is 3.82. The lowest BCUT2D eigenvalue weighted by atomic mass is 10.1. The highest BCUT2D eigenvalue weighted by molar-refractivity contribution is 5.42. The topological polar surface area (TPSA) is 33.7 Å². The van der Waals surface area contributed by atoms with Crippen molar-refractivity contribution in [2.45, 2.75) is 19.3 Å². The summed E-state index contributed by atoms with van der Waals surface area (Å²) in [5.41, 5.74) is 1.32. The normalized spacial score (nSPS) is 16.7. The molecule has 4 nitrogen and oxygen atoms in total. The van der Waals surface area contributed by atoms with Crippen LogP contribution < -0.4 is 14.8 Å². The highest BCUT2D eigenvalue weighted by Crippen LogP contribution is 2.27. The Labute approximate surface area is 122 Å². The molecule has 1 aromatic rings. The van der Waals surface area contributed by atoms with Crippen molar-refractivity contribution in [3.63, 3.8) is 0 Å². The number of methoxy groups -OCH3 is 2. The lowest BCUT2D eigenvalue weighted by Gasteiger charge is -2.19. The number of aryl methyl sites for hydroxylation is 1. The molecule has 1 heterocycles. The van der Waals surface area contributed by atoms with Crippen molar-refractivity contribution >= 4 is 0 Å². The minimum atomic E-state index is 0.801. The molecule has 4 heteroatoms. The molecule has 0 atom stereocenters. The Bertz CT molecular complexity index is 401. The second kappa shape index (κ2) is 8.12. The smallest absolute Gasteiger partial charge is 0.160 e. The van der Waals surface area contributed by atoms with Gasteiger partial charge in [0.25, 0.3) is 0 Å². The fraction of sp³-hybridized carbons (Fsp3) is 0.625. The summed E-state index contributed by atoms with van der Waals surface area (Å²) in [6.45, 7) is 5.85. The molecule has 1 aliphatic heterocycles. The fourth-order valence-electron chi connectivity index (χ4n) is 2.67. The highest BCUT2D eigenvalue weighted by Gasteiger charge is 2.09. The van der Waals surface area contributed by atoms with Gasteiger partial charge in [0.15, 0.2) is 11.5 Å². The maximum absolute atomic E-state index is 5.35. The van der Waals surface area contributed by atoms with Crippen LogP contribution in [0.1, 0.15) is 18.4 Å². The average Bonchev–Trinajstić information content (AvgIpc) is 2.76. The van der Waals surface area contributed by atoms with E-state index in [1.165, 1.54) is 38.0 Å². The number of nitrogens with one attached hydrogen (secondary N) is 1. The van der Waals surface area contributed by atoms with Gasteiger partial charge in [-0.2, -0.15) is 0 Å². The molecule has 1 N–H and O–H groups in total. The zero-order valence-electron chi connectivity index (χ0n) is 12.7. The monoisotopic (exact) mass is 278 g/mol. The number of hydrogen-bond acceptors (Lipinski definition) is 4. The van der Waals surface area contributed by atoms with Crippen LogP contribution in [0.2, 0.25) is 0 Å². The quantitative estimate of drug-likeness (QED) is 0.862. The second-order valence-corrected chi connectivity index (χ2v) is 5.24. The Kier molecular flexibility index (Phi) is 6.15. The van der Waals surface area contributed by atoms with Crippen molar-refractivity contribution in [2.75, 3.05) is 46.9 Å². The zero-order chi connectivity index (χ0) is 14.2. The molecule has 1 saturated heterocycles. The zero-order valence-corrected chi connectivity index (χ0v) is 12.7. The van der Waals surface area contributed by atoms with Crippen molar-refractivity contribution in [2.24, 2.45) is 0 Å². The summed E-state index contributed by atoms with van der Waals surface area (Å²) in [6, 6.07) is 6.21. The summed E-state index contributed by atoms with van der Waals surface area (Å²) in [5, 5.41) is 3.44. The van der Waals surface area contributed by atoms with E-state index in [1.807, 2.05) is 6.07 Å². The first-order valence-corrected chi connectivity index (χ1v) is 7.47. The summed E-state index contributed by atoms with van der Waals surface area (Å²) in [7, 11) is 3.36. The van der Waals surface area contributed by atoms with Crippen LogP contribution >= 0.6 is 0 Å². The van der Waals surface area contributed by atoms with Gasteiger partial charge in [-0.1, -0.05) is 6.07 Å². The summed E-state index contributed by atoms with van der Waals surface area (Å²) < 4.78 is 10.6. The van der Waals surface area contributed by atoms with Crippen LogP contribution in [0.5, 0.6) is 11.5 Å². The maximum Gasteiger partial charge on any atom is 0.160 e. The molecule has 1 fully saturated rings. The minimum Gasteiger partial charge on any atom is -0.493 e. The van der Waals surface area contributed by atoms with Gasteiger partial charge in [-0.3, -0.25) is 0 Å². The van der Waals surface area contributed by atoms with Gasteiger partial charge < -0.3 is 19.7 Å². The molecule has 0 saturated carbocycles. The van der Waals surface area contributed by atoms with E-state index in [0.29, 0.717) is 0 Å². The first-order chi connectivity index (χ1) is 9.83. The van der Waals surface area contributed by atoms with Gasteiger partial charge in [0.2, 0.25) is 0 Å². The standard InChI is InChI=1S/C16H26N2O2/c1-19-15-7-6-14(13-16(15)20-2)5-3-10-18-11-4-8-17-9-12-18/h6-7,13,17H,3-5,8-12H2,1-2H3. The van der Waals surface area contributed by atoms with E-state index in [0.717, 1.165) is 31.0 Å². The molecule has 0 radical (unpaired) electrons. The SMILES string of the molecule is COc1ccc(CCCN2CCCNCC2)cc1OC. The molecule has 0 aliphatic carbocycles. The van der Waals surface area contributed by atoms with Crippen molar-refractivity contribution in [3.05, 3.63) is 23.8 Å². The van der Waals surface area contributed by atoms with E-state index in [9.17, 15) is 0 Å². The van der Waals surface area contributed by atoms with Crippen LogP contribution in [0.25, 0.3) is 0 Å². The van der Waals surface area contributed by atoms with Crippen LogP contribution in [0.4, 0.5) is 0 Å². The van der Waals surface area contributed by atoms with Gasteiger partial charge in [-0.05, 0) is 56.6 Å². The Hall–Kier alpha value is -1.26. The fourth-order valence-corrected chi connectivity index (χ4v) is 2.67. The predicted molar refractivity (Wildman–Crippen MR) is 81.8 cm³/mol. The molecular weight excluding hydrogens is 252 g/mol. The van der Waals surface area contributed by atoms with Crippen LogP contribution in [-0.4, -0.2) is 51.8 Å². The van der Waals surface area contributed by atoms with Gasteiger partial charge in [0.1, 0.15) is 0 Å². The molecule has 1 aromatic carbocycles. The molecule has 0 spiro atoms. The molecule has 2 rings (SSSR count). The summed E-state index contributed by atoms with van der Waals surface area (Å²) in [6.07, 6.45) is 3.54. The van der Waals surface area contributed by atoms with Crippen molar-refractivity contribution in [3.8, 4) is 11.5 Å². The van der Waals surface area contributed by atoms with Crippen molar-refractivity contribution < 1.29 is 9.47 Å². The van der Waals surface area contributed by atoms with Crippen LogP contribution in [0, 0.1) is 0 Å². The van der Waals surface area contributed by atoms with E-state index in [4.69, 9.17) is 9.47 Å². The molecular formula is C16H26N2O2. The molecule has 1 aliphatic rings. The predicted octanol–water partition coefficient (Wildman–Crippen LogP) is 1.93. The third-order valence-corrected chi connectivity index (χ3v) is 3.82. The van der Waals surface area contributed by atoms with Crippen LogP contribution in [-0.2, 0) is 6.42 Å². The summed E-state index contributed by atoms with van der Waals surface area (Å²) in [5.74, 6) is 1.62. The molecule has 112 valence electrons. The van der Waals surface area contributed by atoms with Gasteiger partial charge in [0.05, 0.1) is 14.2 Å². The average molecular weight is 278 g/mol. The van der Waals surface area contributed by atoms with Crippen molar-refractivity contribution in [1.29, 1.82) is 0 Å². The largest absolute Gasteiger partial charge is 0.493 e. The third kappa shape index (κ3) is 4.39. The lowest BCUT2D eigenvalue weighted by molar-refractivity contribution is 0.289. The first-order valence-electron chi connectivity index (χ1n) is 7.47. The van der Waals surface area contributed by atoms with Gasteiger partial charge in [0, 0.05) is 13.1 Å². The van der Waals surface area contributed by atoms with E-state index in [1.54, 1.807) is 14.2 Å². The summed E-state index contributed by atoms with van der Waals surface area (Å²) in [4.78, 5) is 2.56. The minimum absolute atomic E-state index is 0.801. The second-order valence-electron chi connectivity index (χ2n) is 5.24. The Morgan fingerprint density at radius 3 is 2.75 bits per heavy atom. The van der Waals surface area contributed by atoms with Crippen LogP contribution in [0.15, 0.2) is 18.2 Å². The van der Waals surface area contributed by atoms with E-state index >= 15 is 0 Å². The van der Waals surface area contributed by atoms with Crippen molar-refractivity contribution in [1.82, 2.24) is 10.2 Å². The lowest BCUT2D eigenvalue weighted by Crippen LogP contribution is -2.29.